The van der Waals surface area contributed by atoms with E-state index in [1.54, 1.807) is 60.7 Å². The molecule has 0 aromatic heterocycles. The lowest BCUT2D eigenvalue weighted by Gasteiger charge is -2.14. The summed E-state index contributed by atoms with van der Waals surface area (Å²) >= 11 is 6.04. The second kappa shape index (κ2) is 8.15. The molecular weight excluding hydrogens is 386 g/mol. The molecule has 1 amide bonds. The largest absolute Gasteiger partial charge is 0.548 e. The summed E-state index contributed by atoms with van der Waals surface area (Å²) < 4.78 is 5.50. The summed E-state index contributed by atoms with van der Waals surface area (Å²) in [5.74, 6) is -2.06. The Labute approximate surface area is 164 Å². The zero-order chi connectivity index (χ0) is 19.4. The molecule has 0 spiro atoms. The Morgan fingerprint density at radius 1 is 1.15 bits per heavy atom. The molecule has 1 aliphatic rings. The predicted molar refractivity (Wildman–Crippen MR) is 103 cm³/mol. The zero-order valence-corrected chi connectivity index (χ0v) is 15.4. The Morgan fingerprint density at radius 2 is 1.89 bits per heavy atom. The number of ether oxygens (including phenoxy) is 1. The van der Waals surface area contributed by atoms with E-state index in [4.69, 9.17) is 17.0 Å². The van der Waals surface area contributed by atoms with E-state index in [9.17, 15) is 19.5 Å². The smallest absolute Gasteiger partial charge is 0.343 e. The van der Waals surface area contributed by atoms with Crippen LogP contribution in [0.25, 0.3) is 6.08 Å². The third kappa shape index (κ3) is 4.60. The molecule has 1 fully saturated rings. The summed E-state index contributed by atoms with van der Waals surface area (Å²) in [6.45, 7) is -0.587. The molecule has 8 heteroatoms. The third-order valence-electron chi connectivity index (χ3n) is 3.54. The van der Waals surface area contributed by atoms with Gasteiger partial charge < -0.3 is 14.6 Å². The maximum Gasteiger partial charge on any atom is 0.343 e. The molecule has 0 aliphatic carbocycles. The van der Waals surface area contributed by atoms with Gasteiger partial charge in [-0.3, -0.25) is 9.69 Å². The second-order valence-corrected chi connectivity index (χ2v) is 7.14. The van der Waals surface area contributed by atoms with Crippen molar-refractivity contribution in [2.24, 2.45) is 0 Å². The molecule has 1 heterocycles. The number of nitrogens with zero attached hydrogens (tertiary/aromatic N) is 1. The zero-order valence-electron chi connectivity index (χ0n) is 13.8. The summed E-state index contributed by atoms with van der Waals surface area (Å²) in [7, 11) is 0. The SMILES string of the molecule is O=C([O-])CN1C(=O)/C(=C/c2cccc(OC(=O)c3ccccc3)c2)SC1=S. The minimum absolute atomic E-state index is 0.155. The highest BCUT2D eigenvalue weighted by Crippen LogP contribution is 2.32. The van der Waals surface area contributed by atoms with Crippen molar-refractivity contribution >= 4 is 52.2 Å². The van der Waals surface area contributed by atoms with E-state index in [1.807, 2.05) is 0 Å². The number of carbonyl (C=O) groups excluding carboxylic acids is 3. The molecule has 0 radical (unpaired) electrons. The molecule has 27 heavy (non-hydrogen) atoms. The lowest BCUT2D eigenvalue weighted by Crippen LogP contribution is -2.40. The van der Waals surface area contributed by atoms with Crippen LogP contribution in [0.1, 0.15) is 15.9 Å². The molecule has 0 N–H and O–H groups in total. The molecule has 3 rings (SSSR count). The van der Waals surface area contributed by atoms with Gasteiger partial charge in [-0.05, 0) is 35.9 Å². The number of carboxylic acid groups (broad SMARTS) is 1. The maximum atomic E-state index is 12.3. The van der Waals surface area contributed by atoms with Gasteiger partial charge in [-0.2, -0.15) is 0 Å². The van der Waals surface area contributed by atoms with Gasteiger partial charge in [0.25, 0.3) is 5.91 Å². The number of benzene rings is 2. The van der Waals surface area contributed by atoms with Gasteiger partial charge in [0, 0.05) is 0 Å². The van der Waals surface area contributed by atoms with Crippen LogP contribution >= 0.6 is 24.0 Å². The van der Waals surface area contributed by atoms with E-state index in [0.29, 0.717) is 16.9 Å². The van der Waals surface area contributed by atoms with E-state index >= 15 is 0 Å². The van der Waals surface area contributed by atoms with Crippen LogP contribution in [0.5, 0.6) is 5.75 Å². The number of amides is 1. The Morgan fingerprint density at radius 3 is 2.59 bits per heavy atom. The lowest BCUT2D eigenvalue weighted by atomic mass is 10.2. The van der Waals surface area contributed by atoms with Crippen molar-refractivity contribution in [2.75, 3.05) is 6.54 Å². The lowest BCUT2D eigenvalue weighted by molar-refractivity contribution is -0.305. The Balaban J connectivity index is 1.77. The standard InChI is InChI=1S/C19H13NO5S2/c21-16(22)11-20-17(23)15(27-19(20)26)10-12-5-4-8-14(9-12)25-18(24)13-6-2-1-3-7-13/h1-10H,11H2,(H,21,22)/p-1/b15-10-. The highest BCUT2D eigenvalue weighted by atomic mass is 32.2. The Hall–Kier alpha value is -2.97. The van der Waals surface area contributed by atoms with Crippen molar-refractivity contribution in [1.29, 1.82) is 0 Å². The van der Waals surface area contributed by atoms with Crippen molar-refractivity contribution in [2.45, 2.75) is 0 Å². The minimum atomic E-state index is -1.39. The quantitative estimate of drug-likeness (QED) is 0.329. The van der Waals surface area contributed by atoms with Gasteiger partial charge in [-0.25, -0.2) is 4.79 Å². The first kappa shape index (κ1) is 18.8. The number of carbonyl (C=O) groups is 3. The summed E-state index contributed by atoms with van der Waals surface area (Å²) in [6.07, 6.45) is 1.56. The molecule has 0 saturated carbocycles. The summed E-state index contributed by atoms with van der Waals surface area (Å²) in [5, 5.41) is 10.7. The first-order valence-corrected chi connectivity index (χ1v) is 8.99. The van der Waals surface area contributed by atoms with Crippen LogP contribution in [0.4, 0.5) is 0 Å². The number of aliphatic carboxylic acids is 1. The topological polar surface area (TPSA) is 86.7 Å². The number of hydrogen-bond donors (Lipinski definition) is 0. The van der Waals surface area contributed by atoms with Crippen LogP contribution in [0.2, 0.25) is 0 Å². The van der Waals surface area contributed by atoms with Gasteiger partial charge in [-0.1, -0.05) is 54.3 Å². The first-order chi connectivity index (χ1) is 12.9. The average Bonchev–Trinajstić information content (AvgIpc) is 2.90. The number of thioether (sulfide) groups is 1. The van der Waals surface area contributed by atoms with Gasteiger partial charge in [0.1, 0.15) is 10.1 Å². The van der Waals surface area contributed by atoms with Gasteiger partial charge in [0.2, 0.25) is 0 Å². The van der Waals surface area contributed by atoms with Gasteiger partial charge in [-0.15, -0.1) is 0 Å². The molecule has 136 valence electrons. The molecule has 0 unspecified atom stereocenters. The van der Waals surface area contributed by atoms with Gasteiger partial charge >= 0.3 is 5.97 Å². The van der Waals surface area contributed by atoms with Crippen molar-refractivity contribution in [3.63, 3.8) is 0 Å². The van der Waals surface area contributed by atoms with Crippen molar-refractivity contribution in [3.05, 3.63) is 70.6 Å². The highest BCUT2D eigenvalue weighted by molar-refractivity contribution is 8.26. The van der Waals surface area contributed by atoms with E-state index in [2.05, 4.69) is 0 Å². The number of hydrogen-bond acceptors (Lipinski definition) is 7. The van der Waals surface area contributed by atoms with E-state index in [0.717, 1.165) is 16.7 Å². The Bertz CT molecular complexity index is 956. The molecule has 0 bridgehead atoms. The van der Waals surface area contributed by atoms with Gasteiger partial charge in [0.05, 0.1) is 23.0 Å². The van der Waals surface area contributed by atoms with Gasteiger partial charge in [0.15, 0.2) is 0 Å². The second-order valence-electron chi connectivity index (χ2n) is 5.47. The molecular formula is C19H12NO5S2-. The number of carboxylic acids is 1. The van der Waals surface area contributed by atoms with Crippen molar-refractivity contribution in [1.82, 2.24) is 4.90 Å². The average molecular weight is 398 g/mol. The normalized spacial score (nSPS) is 15.3. The fourth-order valence-electron chi connectivity index (χ4n) is 2.32. The van der Waals surface area contributed by atoms with Crippen LogP contribution in [-0.4, -0.2) is 33.6 Å². The summed E-state index contributed by atoms with van der Waals surface area (Å²) in [6, 6.07) is 15.2. The van der Waals surface area contributed by atoms with Crippen molar-refractivity contribution in [3.8, 4) is 5.75 Å². The summed E-state index contributed by atoms with van der Waals surface area (Å²) in [4.78, 5) is 36.4. The van der Waals surface area contributed by atoms with E-state index < -0.39 is 24.4 Å². The number of thiocarbonyl (C=S) groups is 1. The molecule has 2 aromatic carbocycles. The molecule has 1 aliphatic heterocycles. The Kier molecular flexibility index (Phi) is 5.68. The molecule has 2 aromatic rings. The predicted octanol–water partition coefficient (Wildman–Crippen LogP) is 1.86. The molecule has 6 nitrogen and oxygen atoms in total. The van der Waals surface area contributed by atoms with Crippen LogP contribution in [0.3, 0.4) is 0 Å². The van der Waals surface area contributed by atoms with E-state index in [1.165, 1.54) is 0 Å². The fourth-order valence-corrected chi connectivity index (χ4v) is 3.58. The molecule has 0 atom stereocenters. The van der Waals surface area contributed by atoms with E-state index in [-0.39, 0.29) is 9.23 Å². The van der Waals surface area contributed by atoms with Crippen LogP contribution in [-0.2, 0) is 9.59 Å². The summed E-state index contributed by atoms with van der Waals surface area (Å²) in [5.41, 5.74) is 1.04. The maximum absolute atomic E-state index is 12.3. The molecule has 1 saturated heterocycles. The van der Waals surface area contributed by atoms with Crippen LogP contribution in [0.15, 0.2) is 59.5 Å². The highest BCUT2D eigenvalue weighted by Gasteiger charge is 2.31. The van der Waals surface area contributed by atoms with Crippen LogP contribution < -0.4 is 9.84 Å². The van der Waals surface area contributed by atoms with Crippen LogP contribution in [0, 0.1) is 0 Å². The third-order valence-corrected chi connectivity index (χ3v) is 4.91. The fraction of sp³-hybridized carbons (Fsp3) is 0.0526. The first-order valence-electron chi connectivity index (χ1n) is 7.76. The number of rotatable bonds is 5. The van der Waals surface area contributed by atoms with Crippen molar-refractivity contribution < 1.29 is 24.2 Å². The number of esters is 1. The minimum Gasteiger partial charge on any atom is -0.548 e. The monoisotopic (exact) mass is 398 g/mol.